The van der Waals surface area contributed by atoms with Crippen LogP contribution >= 0.6 is 11.6 Å². The Morgan fingerprint density at radius 3 is 2.42 bits per heavy atom. The van der Waals surface area contributed by atoms with Gasteiger partial charge in [-0.2, -0.15) is 0 Å². The van der Waals surface area contributed by atoms with Gasteiger partial charge in [-0.05, 0) is 19.3 Å². The smallest absolute Gasteiger partial charge is 0.137 e. The third kappa shape index (κ3) is 5.35. The van der Waals surface area contributed by atoms with Crippen molar-refractivity contribution in [1.82, 2.24) is 9.97 Å². The molecule has 0 amide bonds. The predicted molar refractivity (Wildman–Crippen MR) is 82.9 cm³/mol. The molecule has 0 radical (unpaired) electrons. The van der Waals surface area contributed by atoms with Crippen LogP contribution in [-0.4, -0.2) is 16.0 Å². The van der Waals surface area contributed by atoms with Crippen LogP contribution in [0, 0.1) is 5.92 Å². The molecular weight excluding hydrogens is 258 g/mol. The first kappa shape index (κ1) is 16.2. The van der Waals surface area contributed by atoms with Gasteiger partial charge in [-0.25, -0.2) is 9.97 Å². The Hall–Kier alpha value is -0.830. The fourth-order valence-corrected chi connectivity index (χ4v) is 2.09. The van der Waals surface area contributed by atoms with E-state index in [4.69, 9.17) is 11.6 Å². The summed E-state index contributed by atoms with van der Waals surface area (Å²) in [6, 6.07) is 2.18. The maximum absolute atomic E-state index is 6.08. The minimum Gasteiger partial charge on any atom is -0.367 e. The van der Waals surface area contributed by atoms with Gasteiger partial charge in [0.1, 0.15) is 16.8 Å². The number of anilines is 1. The molecule has 4 heteroatoms. The van der Waals surface area contributed by atoms with Crippen molar-refractivity contribution in [3.8, 4) is 0 Å². The minimum atomic E-state index is -0.0960. The SMILES string of the molecule is CCC(C)CC(C)Nc1cc(Cl)nc(C(C)(C)C)n1. The minimum absolute atomic E-state index is 0.0960. The second-order valence-electron chi connectivity index (χ2n) is 6.44. The lowest BCUT2D eigenvalue weighted by molar-refractivity contribution is 0.482. The predicted octanol–water partition coefficient (Wildman–Crippen LogP) is 4.66. The molecule has 19 heavy (non-hydrogen) atoms. The maximum Gasteiger partial charge on any atom is 0.137 e. The Bertz CT molecular complexity index is 412. The van der Waals surface area contributed by atoms with Crippen molar-refractivity contribution < 1.29 is 0 Å². The van der Waals surface area contributed by atoms with Gasteiger partial charge in [-0.3, -0.25) is 0 Å². The molecule has 1 aromatic heterocycles. The molecule has 3 nitrogen and oxygen atoms in total. The molecular formula is C15H26ClN3. The van der Waals surface area contributed by atoms with Crippen molar-refractivity contribution in [3.05, 3.63) is 17.0 Å². The zero-order valence-corrected chi connectivity index (χ0v) is 13.7. The molecule has 1 N–H and O–H groups in total. The van der Waals surface area contributed by atoms with Gasteiger partial charge in [0.05, 0.1) is 0 Å². The molecule has 2 unspecified atom stereocenters. The lowest BCUT2D eigenvalue weighted by atomic mass is 9.96. The van der Waals surface area contributed by atoms with Crippen LogP contribution in [0.15, 0.2) is 6.07 Å². The van der Waals surface area contributed by atoms with Gasteiger partial charge in [0, 0.05) is 17.5 Å². The highest BCUT2D eigenvalue weighted by atomic mass is 35.5. The summed E-state index contributed by atoms with van der Waals surface area (Å²) in [6.45, 7) is 12.9. The quantitative estimate of drug-likeness (QED) is 0.799. The van der Waals surface area contributed by atoms with E-state index in [1.165, 1.54) is 6.42 Å². The van der Waals surface area contributed by atoms with E-state index in [9.17, 15) is 0 Å². The zero-order valence-electron chi connectivity index (χ0n) is 12.9. The summed E-state index contributed by atoms with van der Waals surface area (Å²) in [5.74, 6) is 2.31. The van der Waals surface area contributed by atoms with Crippen LogP contribution < -0.4 is 5.32 Å². The molecule has 0 saturated carbocycles. The number of halogens is 1. The molecule has 0 bridgehead atoms. The number of hydrogen-bond acceptors (Lipinski definition) is 3. The molecule has 0 saturated heterocycles. The molecule has 0 aromatic carbocycles. The summed E-state index contributed by atoms with van der Waals surface area (Å²) in [6.07, 6.45) is 2.33. The summed E-state index contributed by atoms with van der Waals surface area (Å²) in [4.78, 5) is 8.88. The van der Waals surface area contributed by atoms with E-state index < -0.39 is 0 Å². The van der Waals surface area contributed by atoms with Crippen molar-refractivity contribution in [2.24, 2.45) is 5.92 Å². The monoisotopic (exact) mass is 283 g/mol. The summed E-state index contributed by atoms with van der Waals surface area (Å²) in [7, 11) is 0. The highest BCUT2D eigenvalue weighted by molar-refractivity contribution is 6.29. The van der Waals surface area contributed by atoms with Gasteiger partial charge in [-0.15, -0.1) is 0 Å². The number of rotatable bonds is 5. The Balaban J connectivity index is 2.81. The molecule has 108 valence electrons. The molecule has 1 heterocycles. The Kier molecular flexibility index (Phi) is 5.60. The van der Waals surface area contributed by atoms with E-state index >= 15 is 0 Å². The van der Waals surface area contributed by atoms with Crippen LogP contribution in [0.3, 0.4) is 0 Å². The molecule has 0 aliphatic rings. The molecule has 0 spiro atoms. The van der Waals surface area contributed by atoms with Gasteiger partial charge < -0.3 is 5.32 Å². The standard InChI is InChI=1S/C15H26ClN3/c1-7-10(2)8-11(3)17-13-9-12(16)18-14(19-13)15(4,5)6/h9-11H,7-8H2,1-6H3,(H,17,18,19). The average Bonchev–Trinajstić information content (AvgIpc) is 2.26. The summed E-state index contributed by atoms with van der Waals surface area (Å²) in [5, 5.41) is 3.92. The topological polar surface area (TPSA) is 37.8 Å². The zero-order chi connectivity index (χ0) is 14.6. The van der Waals surface area contributed by atoms with Crippen molar-refractivity contribution in [1.29, 1.82) is 0 Å². The largest absolute Gasteiger partial charge is 0.367 e. The molecule has 0 fully saturated rings. The Morgan fingerprint density at radius 2 is 1.89 bits per heavy atom. The number of nitrogens with one attached hydrogen (secondary N) is 1. The molecule has 0 aliphatic carbocycles. The van der Waals surface area contributed by atoms with Crippen LogP contribution in [0.25, 0.3) is 0 Å². The third-order valence-electron chi connectivity index (χ3n) is 3.21. The van der Waals surface area contributed by atoms with E-state index in [0.717, 1.165) is 18.1 Å². The van der Waals surface area contributed by atoms with Crippen LogP contribution in [0.4, 0.5) is 5.82 Å². The summed E-state index contributed by atoms with van der Waals surface area (Å²) >= 11 is 6.08. The Labute approximate surface area is 122 Å². The average molecular weight is 284 g/mol. The van der Waals surface area contributed by atoms with E-state index in [1.807, 2.05) is 0 Å². The van der Waals surface area contributed by atoms with Crippen LogP contribution in [0.2, 0.25) is 5.15 Å². The van der Waals surface area contributed by atoms with Crippen LogP contribution in [0.1, 0.15) is 60.2 Å². The van der Waals surface area contributed by atoms with Crippen molar-refractivity contribution in [2.45, 2.75) is 65.8 Å². The van der Waals surface area contributed by atoms with Crippen molar-refractivity contribution >= 4 is 17.4 Å². The number of nitrogens with zero attached hydrogens (tertiary/aromatic N) is 2. The van der Waals surface area contributed by atoms with Crippen LogP contribution in [0.5, 0.6) is 0 Å². The van der Waals surface area contributed by atoms with Crippen LogP contribution in [-0.2, 0) is 5.41 Å². The molecule has 2 atom stereocenters. The molecule has 1 aromatic rings. The van der Waals surface area contributed by atoms with E-state index in [0.29, 0.717) is 17.1 Å². The second kappa shape index (κ2) is 6.56. The molecule has 1 rings (SSSR count). The van der Waals surface area contributed by atoms with Gasteiger partial charge >= 0.3 is 0 Å². The van der Waals surface area contributed by atoms with Crippen molar-refractivity contribution in [3.63, 3.8) is 0 Å². The molecule has 0 aliphatic heterocycles. The second-order valence-corrected chi connectivity index (χ2v) is 6.83. The fraction of sp³-hybridized carbons (Fsp3) is 0.733. The maximum atomic E-state index is 6.08. The van der Waals surface area contributed by atoms with Gasteiger partial charge in [0.2, 0.25) is 0 Å². The van der Waals surface area contributed by atoms with Crippen molar-refractivity contribution in [2.75, 3.05) is 5.32 Å². The first-order valence-electron chi connectivity index (χ1n) is 7.04. The normalized spacial score (nSPS) is 15.1. The number of aromatic nitrogens is 2. The third-order valence-corrected chi connectivity index (χ3v) is 3.41. The summed E-state index contributed by atoms with van der Waals surface area (Å²) < 4.78 is 0. The fourth-order valence-electron chi connectivity index (χ4n) is 1.91. The van der Waals surface area contributed by atoms with Gasteiger partial charge in [0.15, 0.2) is 0 Å². The first-order valence-corrected chi connectivity index (χ1v) is 7.41. The highest BCUT2D eigenvalue weighted by Gasteiger charge is 2.19. The lowest BCUT2D eigenvalue weighted by Crippen LogP contribution is -2.22. The van der Waals surface area contributed by atoms with E-state index in [2.05, 4.69) is 56.8 Å². The van der Waals surface area contributed by atoms with Gasteiger partial charge in [0.25, 0.3) is 0 Å². The van der Waals surface area contributed by atoms with Gasteiger partial charge in [-0.1, -0.05) is 52.6 Å². The van der Waals surface area contributed by atoms with E-state index in [1.54, 1.807) is 6.07 Å². The first-order chi connectivity index (χ1) is 8.72. The lowest BCUT2D eigenvalue weighted by Gasteiger charge is -2.21. The Morgan fingerprint density at radius 1 is 1.26 bits per heavy atom. The summed E-state index contributed by atoms with van der Waals surface area (Å²) in [5.41, 5.74) is -0.0960. The van der Waals surface area contributed by atoms with E-state index in [-0.39, 0.29) is 5.41 Å². The number of hydrogen-bond donors (Lipinski definition) is 1. The highest BCUT2D eigenvalue weighted by Crippen LogP contribution is 2.23.